The number of fused-ring (bicyclic) bond motifs is 1. The van der Waals surface area contributed by atoms with E-state index in [9.17, 15) is 9.18 Å². The summed E-state index contributed by atoms with van der Waals surface area (Å²) < 4.78 is 13.3. The molecule has 0 aliphatic carbocycles. The molecule has 0 unspecified atom stereocenters. The number of hydrogen-bond donors (Lipinski definition) is 1. The molecule has 5 heteroatoms. The number of rotatable bonds is 4. The first-order valence-electron chi connectivity index (χ1n) is 8.98. The molecule has 28 heavy (non-hydrogen) atoms. The number of hydrogen-bond acceptors (Lipinski definition) is 3. The molecular formula is C23H18FN3O. The Bertz CT molecular complexity index is 1130. The Labute approximate surface area is 162 Å². The highest BCUT2D eigenvalue weighted by Crippen LogP contribution is 2.25. The van der Waals surface area contributed by atoms with Crippen LogP contribution in [0, 0.1) is 5.82 Å². The molecule has 2 heterocycles. The van der Waals surface area contributed by atoms with Crippen LogP contribution in [-0.2, 0) is 0 Å². The Morgan fingerprint density at radius 3 is 2.57 bits per heavy atom. The van der Waals surface area contributed by atoms with Gasteiger partial charge in [-0.3, -0.25) is 9.78 Å². The molecule has 0 saturated heterocycles. The Morgan fingerprint density at radius 2 is 1.82 bits per heavy atom. The van der Waals surface area contributed by atoms with Crippen molar-refractivity contribution in [1.29, 1.82) is 0 Å². The van der Waals surface area contributed by atoms with Crippen LogP contribution in [0.3, 0.4) is 0 Å². The van der Waals surface area contributed by atoms with Gasteiger partial charge in [0, 0.05) is 23.3 Å². The van der Waals surface area contributed by atoms with Gasteiger partial charge in [-0.1, -0.05) is 24.3 Å². The minimum Gasteiger partial charge on any atom is -0.345 e. The van der Waals surface area contributed by atoms with E-state index in [4.69, 9.17) is 0 Å². The lowest BCUT2D eigenvalue weighted by atomic mass is 10.0. The van der Waals surface area contributed by atoms with Crippen LogP contribution in [-0.4, -0.2) is 15.9 Å². The van der Waals surface area contributed by atoms with Crippen molar-refractivity contribution in [2.45, 2.75) is 13.0 Å². The molecule has 1 N–H and O–H groups in total. The molecule has 0 radical (unpaired) electrons. The zero-order chi connectivity index (χ0) is 19.5. The number of amides is 1. The average Bonchev–Trinajstić information content (AvgIpc) is 2.74. The van der Waals surface area contributed by atoms with Gasteiger partial charge >= 0.3 is 0 Å². The highest BCUT2D eigenvalue weighted by atomic mass is 19.1. The van der Waals surface area contributed by atoms with Crippen molar-refractivity contribution in [3.05, 3.63) is 96.1 Å². The predicted octanol–water partition coefficient (Wildman–Crippen LogP) is 4.93. The van der Waals surface area contributed by atoms with Crippen LogP contribution in [0.5, 0.6) is 0 Å². The third-order valence-electron chi connectivity index (χ3n) is 4.63. The van der Waals surface area contributed by atoms with Gasteiger partial charge in [0.25, 0.3) is 5.91 Å². The fourth-order valence-corrected chi connectivity index (χ4v) is 3.12. The van der Waals surface area contributed by atoms with Crippen molar-refractivity contribution in [3.63, 3.8) is 0 Å². The molecule has 0 aliphatic heterocycles. The van der Waals surface area contributed by atoms with Gasteiger partial charge in [-0.15, -0.1) is 0 Å². The van der Waals surface area contributed by atoms with Crippen LogP contribution in [0.2, 0.25) is 0 Å². The number of nitrogens with one attached hydrogen (secondary N) is 1. The first-order valence-corrected chi connectivity index (χ1v) is 8.98. The number of benzene rings is 2. The van der Waals surface area contributed by atoms with Crippen molar-refractivity contribution in [3.8, 4) is 11.3 Å². The van der Waals surface area contributed by atoms with Gasteiger partial charge in [0.1, 0.15) is 5.82 Å². The monoisotopic (exact) mass is 371 g/mol. The van der Waals surface area contributed by atoms with E-state index in [0.29, 0.717) is 16.8 Å². The lowest BCUT2D eigenvalue weighted by Gasteiger charge is -2.15. The quantitative estimate of drug-likeness (QED) is 0.554. The summed E-state index contributed by atoms with van der Waals surface area (Å²) in [7, 11) is 0. The summed E-state index contributed by atoms with van der Waals surface area (Å²) in [6.07, 6.45) is 3.43. The summed E-state index contributed by atoms with van der Waals surface area (Å²) in [5, 5.41) is 3.79. The van der Waals surface area contributed by atoms with Crippen LogP contribution < -0.4 is 5.32 Å². The van der Waals surface area contributed by atoms with Crippen molar-refractivity contribution < 1.29 is 9.18 Å². The van der Waals surface area contributed by atoms with Gasteiger partial charge in [0.15, 0.2) is 0 Å². The van der Waals surface area contributed by atoms with E-state index in [-0.39, 0.29) is 17.8 Å². The molecular weight excluding hydrogens is 353 g/mol. The molecule has 0 bridgehead atoms. The minimum atomic E-state index is -0.312. The van der Waals surface area contributed by atoms with Gasteiger partial charge in [-0.05, 0) is 55.0 Å². The normalized spacial score (nSPS) is 11.9. The fourth-order valence-electron chi connectivity index (χ4n) is 3.12. The number of nitrogens with zero attached hydrogens (tertiary/aromatic N) is 2. The van der Waals surface area contributed by atoms with Gasteiger partial charge in [-0.2, -0.15) is 0 Å². The molecule has 2 aromatic heterocycles. The van der Waals surface area contributed by atoms with E-state index in [1.54, 1.807) is 30.6 Å². The number of halogens is 1. The van der Waals surface area contributed by atoms with E-state index < -0.39 is 0 Å². The van der Waals surface area contributed by atoms with Gasteiger partial charge in [-0.25, -0.2) is 9.37 Å². The molecule has 2 aromatic carbocycles. The SMILES string of the molecule is C[C@@H](NC(=O)c1cc(-c2ccc(F)cc2)nc2ccccc12)c1cccnc1. The largest absolute Gasteiger partial charge is 0.345 e. The summed E-state index contributed by atoms with van der Waals surface area (Å²) in [4.78, 5) is 21.8. The Hall–Kier alpha value is -3.60. The second kappa shape index (κ2) is 7.56. The zero-order valence-corrected chi connectivity index (χ0v) is 15.3. The van der Waals surface area contributed by atoms with Crippen LogP contribution in [0.15, 0.2) is 79.1 Å². The smallest absolute Gasteiger partial charge is 0.252 e. The van der Waals surface area contributed by atoms with Gasteiger partial charge in [0.2, 0.25) is 0 Å². The highest BCUT2D eigenvalue weighted by molar-refractivity contribution is 6.07. The number of para-hydroxylation sites is 1. The first kappa shape index (κ1) is 17.8. The maximum atomic E-state index is 13.3. The average molecular weight is 371 g/mol. The van der Waals surface area contributed by atoms with Gasteiger partial charge < -0.3 is 5.32 Å². The van der Waals surface area contributed by atoms with Crippen molar-refractivity contribution >= 4 is 16.8 Å². The third kappa shape index (κ3) is 3.60. The Morgan fingerprint density at radius 1 is 1.04 bits per heavy atom. The van der Waals surface area contributed by atoms with E-state index >= 15 is 0 Å². The summed E-state index contributed by atoms with van der Waals surface area (Å²) >= 11 is 0. The van der Waals surface area contributed by atoms with Crippen molar-refractivity contribution in [1.82, 2.24) is 15.3 Å². The molecule has 4 rings (SSSR count). The van der Waals surface area contributed by atoms with Gasteiger partial charge in [0.05, 0.1) is 22.8 Å². The van der Waals surface area contributed by atoms with Crippen molar-refractivity contribution in [2.24, 2.45) is 0 Å². The van der Waals surface area contributed by atoms with Crippen LogP contribution >= 0.6 is 0 Å². The summed E-state index contributed by atoms with van der Waals surface area (Å²) in [6.45, 7) is 1.92. The van der Waals surface area contributed by atoms with Crippen LogP contribution in [0.25, 0.3) is 22.2 Å². The highest BCUT2D eigenvalue weighted by Gasteiger charge is 2.16. The van der Waals surface area contributed by atoms with E-state index in [0.717, 1.165) is 16.5 Å². The van der Waals surface area contributed by atoms with Crippen molar-refractivity contribution in [2.75, 3.05) is 0 Å². The summed E-state index contributed by atoms with van der Waals surface area (Å²) in [5.41, 5.74) is 3.54. The molecule has 0 spiro atoms. The molecule has 4 nitrogen and oxygen atoms in total. The van der Waals surface area contributed by atoms with Crippen LogP contribution in [0.4, 0.5) is 4.39 Å². The topological polar surface area (TPSA) is 54.9 Å². The zero-order valence-electron chi connectivity index (χ0n) is 15.3. The second-order valence-electron chi connectivity index (χ2n) is 6.56. The Balaban J connectivity index is 1.74. The van der Waals surface area contributed by atoms with E-state index in [1.165, 1.54) is 12.1 Å². The molecule has 4 aromatic rings. The number of aromatic nitrogens is 2. The predicted molar refractivity (Wildman–Crippen MR) is 107 cm³/mol. The minimum absolute atomic E-state index is 0.192. The van der Waals surface area contributed by atoms with E-state index in [1.807, 2.05) is 43.3 Å². The summed E-state index contributed by atoms with van der Waals surface area (Å²) in [5.74, 6) is -0.508. The third-order valence-corrected chi connectivity index (χ3v) is 4.63. The maximum Gasteiger partial charge on any atom is 0.252 e. The van der Waals surface area contributed by atoms with Crippen LogP contribution in [0.1, 0.15) is 28.9 Å². The first-order chi connectivity index (χ1) is 13.6. The number of carbonyl (C=O) groups is 1. The fraction of sp³-hybridized carbons (Fsp3) is 0.0870. The number of pyridine rings is 2. The Kier molecular flexibility index (Phi) is 4.81. The molecule has 1 amide bonds. The summed E-state index contributed by atoms with van der Waals surface area (Å²) in [6, 6.07) is 18.9. The number of carbonyl (C=O) groups excluding carboxylic acids is 1. The molecule has 138 valence electrons. The maximum absolute atomic E-state index is 13.3. The lowest BCUT2D eigenvalue weighted by molar-refractivity contribution is 0.0941. The lowest BCUT2D eigenvalue weighted by Crippen LogP contribution is -2.27. The molecule has 1 atom stereocenters. The molecule has 0 saturated carbocycles. The van der Waals surface area contributed by atoms with E-state index in [2.05, 4.69) is 15.3 Å². The standard InChI is InChI=1S/C23H18FN3O/c1-15(17-5-4-12-25-14-17)26-23(28)20-13-22(16-8-10-18(24)11-9-16)27-21-7-3-2-6-19(20)21/h2-15H,1H3,(H,26,28)/t15-/m1/s1. The molecule has 0 fully saturated rings. The molecule has 0 aliphatic rings. The second-order valence-corrected chi connectivity index (χ2v) is 6.56.